The summed E-state index contributed by atoms with van der Waals surface area (Å²) in [7, 11) is 1.32. The van der Waals surface area contributed by atoms with Crippen LogP contribution in [-0.4, -0.2) is 46.5 Å². The van der Waals surface area contributed by atoms with Gasteiger partial charge < -0.3 is 0 Å². The van der Waals surface area contributed by atoms with Crippen molar-refractivity contribution in [1.82, 2.24) is 9.80 Å². The van der Waals surface area contributed by atoms with Gasteiger partial charge in [0.25, 0.3) is 17.7 Å². The maximum Gasteiger partial charge on any atom is 0.262 e. The van der Waals surface area contributed by atoms with Crippen molar-refractivity contribution in [3.63, 3.8) is 0 Å². The van der Waals surface area contributed by atoms with Crippen LogP contribution in [-0.2, 0) is 9.59 Å². The number of amides is 4. The molecule has 0 aromatic heterocycles. The summed E-state index contributed by atoms with van der Waals surface area (Å²) in [5.41, 5.74) is 0.180. The fraction of sp³-hybridized carbons (Fsp3) is 0.333. The largest absolute Gasteiger partial charge is 0.284 e. The molecule has 1 saturated heterocycles. The van der Waals surface area contributed by atoms with Crippen molar-refractivity contribution >= 4 is 23.6 Å². The van der Waals surface area contributed by atoms with Crippen LogP contribution in [0.15, 0.2) is 12.1 Å². The lowest BCUT2D eigenvalue weighted by atomic mass is 10.0. The molecule has 2 aliphatic heterocycles. The molecule has 0 saturated carbocycles. The van der Waals surface area contributed by atoms with Gasteiger partial charge in [-0.2, -0.15) is 0 Å². The monoisotopic (exact) mass is 304 g/mol. The van der Waals surface area contributed by atoms with E-state index in [0.717, 1.165) is 15.9 Å². The van der Waals surface area contributed by atoms with E-state index in [2.05, 4.69) is 0 Å². The first-order chi connectivity index (χ1) is 10.3. The molecule has 1 atom stereocenters. The zero-order valence-corrected chi connectivity index (χ0v) is 12.1. The Morgan fingerprint density at radius 3 is 2.50 bits per heavy atom. The molecule has 0 radical (unpaired) electrons. The van der Waals surface area contributed by atoms with Gasteiger partial charge in [0.05, 0.1) is 11.1 Å². The molecule has 1 aromatic rings. The van der Waals surface area contributed by atoms with Gasteiger partial charge in [-0.15, -0.1) is 0 Å². The smallest absolute Gasteiger partial charge is 0.262 e. The highest BCUT2D eigenvalue weighted by Gasteiger charge is 2.46. The zero-order valence-electron chi connectivity index (χ0n) is 12.1. The van der Waals surface area contributed by atoms with Gasteiger partial charge in [-0.3, -0.25) is 29.0 Å². The fourth-order valence-electron chi connectivity index (χ4n) is 2.90. The van der Waals surface area contributed by atoms with Crippen molar-refractivity contribution in [2.24, 2.45) is 0 Å². The number of piperidine rings is 1. The van der Waals surface area contributed by atoms with Crippen LogP contribution in [0.3, 0.4) is 0 Å². The van der Waals surface area contributed by atoms with Crippen LogP contribution in [0.2, 0.25) is 0 Å². The van der Waals surface area contributed by atoms with Gasteiger partial charge in [-0.25, -0.2) is 4.39 Å². The molecule has 4 amide bonds. The molecule has 2 heterocycles. The molecule has 22 heavy (non-hydrogen) atoms. The van der Waals surface area contributed by atoms with E-state index in [1.165, 1.54) is 20.0 Å². The van der Waals surface area contributed by atoms with Crippen LogP contribution in [0.5, 0.6) is 0 Å². The summed E-state index contributed by atoms with van der Waals surface area (Å²) in [5.74, 6) is -2.82. The summed E-state index contributed by atoms with van der Waals surface area (Å²) >= 11 is 0. The van der Waals surface area contributed by atoms with Crippen molar-refractivity contribution in [3.8, 4) is 0 Å². The Hall–Kier alpha value is -2.57. The van der Waals surface area contributed by atoms with Gasteiger partial charge in [0, 0.05) is 13.5 Å². The average Bonchev–Trinajstić information content (AvgIpc) is 2.73. The molecule has 1 aromatic carbocycles. The maximum absolute atomic E-state index is 13.6. The maximum atomic E-state index is 13.6. The molecule has 0 bridgehead atoms. The summed E-state index contributed by atoms with van der Waals surface area (Å²) < 4.78 is 13.6. The third-order valence-corrected chi connectivity index (χ3v) is 4.21. The second-order valence-electron chi connectivity index (χ2n) is 5.42. The van der Waals surface area contributed by atoms with E-state index >= 15 is 0 Å². The van der Waals surface area contributed by atoms with Crippen LogP contribution in [0.25, 0.3) is 0 Å². The van der Waals surface area contributed by atoms with E-state index in [9.17, 15) is 23.6 Å². The second-order valence-corrected chi connectivity index (χ2v) is 5.42. The molecule has 0 aliphatic carbocycles. The quantitative estimate of drug-likeness (QED) is 0.722. The van der Waals surface area contributed by atoms with E-state index in [0.29, 0.717) is 0 Å². The molecule has 0 N–H and O–H groups in total. The molecule has 0 spiro atoms. The van der Waals surface area contributed by atoms with E-state index in [1.54, 1.807) is 0 Å². The number of hydrogen-bond donors (Lipinski definition) is 0. The Bertz CT molecular complexity index is 743. The lowest BCUT2D eigenvalue weighted by Gasteiger charge is -2.32. The highest BCUT2D eigenvalue weighted by Crippen LogP contribution is 2.31. The standard InChI is InChI=1S/C15H13FN2O4/c1-7-9(16)4-3-8-12(7)15(22)18(13(8)20)10-5-6-11(19)17(2)14(10)21/h3-4,10H,5-6H2,1-2H3. The summed E-state index contributed by atoms with van der Waals surface area (Å²) in [6, 6.07) is 1.36. The number of likely N-dealkylation sites (tertiary alicyclic amines) is 1. The van der Waals surface area contributed by atoms with Crippen LogP contribution in [0.4, 0.5) is 4.39 Å². The normalized spacial score (nSPS) is 21.7. The Morgan fingerprint density at radius 2 is 1.82 bits per heavy atom. The highest BCUT2D eigenvalue weighted by atomic mass is 19.1. The van der Waals surface area contributed by atoms with Crippen molar-refractivity contribution in [3.05, 3.63) is 34.6 Å². The Labute approximate surface area is 125 Å². The molecule has 1 fully saturated rings. The van der Waals surface area contributed by atoms with E-state index < -0.39 is 29.6 Å². The first kappa shape index (κ1) is 14.4. The van der Waals surface area contributed by atoms with Crippen LogP contribution in [0, 0.1) is 12.7 Å². The molecule has 6 nitrogen and oxygen atoms in total. The summed E-state index contributed by atoms with van der Waals surface area (Å²) in [5, 5.41) is 0. The number of benzene rings is 1. The molecule has 114 valence electrons. The lowest BCUT2D eigenvalue weighted by Crippen LogP contribution is -2.54. The van der Waals surface area contributed by atoms with Crippen LogP contribution >= 0.6 is 0 Å². The minimum absolute atomic E-state index is 0.00245. The predicted molar refractivity (Wildman–Crippen MR) is 72.4 cm³/mol. The van der Waals surface area contributed by atoms with Gasteiger partial charge in [0.2, 0.25) is 5.91 Å². The molecule has 3 rings (SSSR count). The molecular formula is C15H13FN2O4. The Morgan fingerprint density at radius 1 is 1.14 bits per heavy atom. The number of nitrogens with zero attached hydrogens (tertiary/aromatic N) is 2. The van der Waals surface area contributed by atoms with Crippen molar-refractivity contribution < 1.29 is 23.6 Å². The third-order valence-electron chi connectivity index (χ3n) is 4.21. The van der Waals surface area contributed by atoms with Gasteiger partial charge in [-0.05, 0) is 31.0 Å². The second kappa shape index (κ2) is 4.72. The number of rotatable bonds is 1. The first-order valence-corrected chi connectivity index (χ1v) is 6.82. The van der Waals surface area contributed by atoms with Gasteiger partial charge >= 0.3 is 0 Å². The average molecular weight is 304 g/mol. The Balaban J connectivity index is 2.03. The molecule has 1 unspecified atom stereocenters. The molecule has 7 heteroatoms. The van der Waals surface area contributed by atoms with Crippen molar-refractivity contribution in [2.75, 3.05) is 7.05 Å². The number of carbonyl (C=O) groups is 4. The van der Waals surface area contributed by atoms with Crippen LogP contribution in [0.1, 0.15) is 39.1 Å². The van der Waals surface area contributed by atoms with Gasteiger partial charge in [-0.1, -0.05) is 0 Å². The SMILES string of the molecule is Cc1c(F)ccc2c1C(=O)N(C1CCC(=O)N(C)C1=O)C2=O. The number of halogens is 1. The predicted octanol–water partition coefficient (Wildman–Crippen LogP) is 0.878. The number of hydrogen-bond acceptors (Lipinski definition) is 4. The minimum Gasteiger partial charge on any atom is -0.284 e. The fourth-order valence-corrected chi connectivity index (χ4v) is 2.90. The number of likely N-dealkylation sites (N-methyl/N-ethyl adjacent to an activating group) is 1. The number of imide groups is 2. The number of carbonyl (C=O) groups excluding carboxylic acids is 4. The lowest BCUT2D eigenvalue weighted by molar-refractivity contribution is -0.149. The van der Waals surface area contributed by atoms with E-state index in [1.807, 2.05) is 0 Å². The summed E-state index contributed by atoms with van der Waals surface area (Å²) in [6.07, 6.45) is 0.169. The zero-order chi connectivity index (χ0) is 16.2. The van der Waals surface area contributed by atoms with Gasteiger partial charge in [0.15, 0.2) is 0 Å². The molecular weight excluding hydrogens is 291 g/mol. The Kier molecular flexibility index (Phi) is 3.09. The topological polar surface area (TPSA) is 74.8 Å². The minimum atomic E-state index is -1.02. The third kappa shape index (κ3) is 1.78. The summed E-state index contributed by atoms with van der Waals surface area (Å²) in [6.45, 7) is 1.42. The van der Waals surface area contributed by atoms with E-state index in [4.69, 9.17) is 0 Å². The van der Waals surface area contributed by atoms with Gasteiger partial charge in [0.1, 0.15) is 11.9 Å². The molecule has 2 aliphatic rings. The van der Waals surface area contributed by atoms with Crippen molar-refractivity contribution in [2.45, 2.75) is 25.8 Å². The van der Waals surface area contributed by atoms with E-state index in [-0.39, 0.29) is 35.4 Å². The van der Waals surface area contributed by atoms with Crippen molar-refractivity contribution in [1.29, 1.82) is 0 Å². The van der Waals surface area contributed by atoms with Crippen LogP contribution < -0.4 is 0 Å². The summed E-state index contributed by atoms with van der Waals surface area (Å²) in [4.78, 5) is 50.4. The first-order valence-electron chi connectivity index (χ1n) is 6.82. The number of fused-ring (bicyclic) bond motifs is 1. The highest BCUT2D eigenvalue weighted by molar-refractivity contribution is 6.24.